The van der Waals surface area contributed by atoms with Gasteiger partial charge in [-0.2, -0.15) is 0 Å². The first-order valence-corrected chi connectivity index (χ1v) is 6.39. The molecule has 0 saturated heterocycles. The van der Waals surface area contributed by atoms with Crippen LogP contribution in [0.3, 0.4) is 0 Å². The fourth-order valence-corrected chi connectivity index (χ4v) is 2.46. The standard InChI is InChI=1S/C12H19NOS/c1-4-6-11(14)7-5-8-12-13-9(2)10(3)15-12/h4-8H2,1-3H3. The highest BCUT2D eigenvalue weighted by atomic mass is 32.1. The largest absolute Gasteiger partial charge is 0.300 e. The smallest absolute Gasteiger partial charge is 0.132 e. The maximum atomic E-state index is 11.3. The van der Waals surface area contributed by atoms with Crippen LogP contribution in [0.1, 0.15) is 48.2 Å². The molecule has 0 aromatic carbocycles. The highest BCUT2D eigenvalue weighted by Gasteiger charge is 2.05. The zero-order valence-corrected chi connectivity index (χ0v) is 10.6. The summed E-state index contributed by atoms with van der Waals surface area (Å²) in [7, 11) is 0. The van der Waals surface area contributed by atoms with Gasteiger partial charge in [-0.15, -0.1) is 11.3 Å². The predicted octanol–water partition coefficient (Wildman–Crippen LogP) is 3.45. The molecule has 0 amide bonds. The molecule has 1 rings (SSSR count). The monoisotopic (exact) mass is 225 g/mol. The normalized spacial score (nSPS) is 10.6. The Morgan fingerprint density at radius 1 is 1.33 bits per heavy atom. The van der Waals surface area contributed by atoms with E-state index in [9.17, 15) is 4.79 Å². The molecule has 0 aliphatic carbocycles. The van der Waals surface area contributed by atoms with Gasteiger partial charge in [-0.25, -0.2) is 4.98 Å². The second kappa shape index (κ2) is 6.01. The van der Waals surface area contributed by atoms with Crippen LogP contribution in [0.2, 0.25) is 0 Å². The van der Waals surface area contributed by atoms with Gasteiger partial charge in [0.15, 0.2) is 0 Å². The number of ketones is 1. The minimum absolute atomic E-state index is 0.391. The Morgan fingerprint density at radius 3 is 2.60 bits per heavy atom. The number of thiazole rings is 1. The highest BCUT2D eigenvalue weighted by Crippen LogP contribution is 2.18. The van der Waals surface area contributed by atoms with Crippen LogP contribution in [-0.4, -0.2) is 10.8 Å². The van der Waals surface area contributed by atoms with Crippen molar-refractivity contribution in [1.29, 1.82) is 0 Å². The second-order valence-corrected chi connectivity index (χ2v) is 5.18. The first-order chi connectivity index (χ1) is 7.13. The quantitative estimate of drug-likeness (QED) is 0.742. The van der Waals surface area contributed by atoms with Gasteiger partial charge in [0.05, 0.1) is 10.7 Å². The van der Waals surface area contributed by atoms with Crippen molar-refractivity contribution in [3.05, 3.63) is 15.6 Å². The molecule has 1 heterocycles. The zero-order valence-electron chi connectivity index (χ0n) is 9.80. The van der Waals surface area contributed by atoms with E-state index in [-0.39, 0.29) is 0 Å². The van der Waals surface area contributed by atoms with Crippen LogP contribution in [0.4, 0.5) is 0 Å². The molecule has 0 N–H and O–H groups in total. The van der Waals surface area contributed by atoms with Crippen molar-refractivity contribution in [2.45, 2.75) is 52.9 Å². The summed E-state index contributed by atoms with van der Waals surface area (Å²) in [6.45, 7) is 6.18. The van der Waals surface area contributed by atoms with Gasteiger partial charge in [-0.1, -0.05) is 6.92 Å². The maximum Gasteiger partial charge on any atom is 0.132 e. The van der Waals surface area contributed by atoms with Gasteiger partial charge in [-0.3, -0.25) is 4.79 Å². The summed E-state index contributed by atoms with van der Waals surface area (Å²) in [6, 6.07) is 0. The molecule has 0 spiro atoms. The maximum absolute atomic E-state index is 11.3. The molecular weight excluding hydrogens is 206 g/mol. The van der Waals surface area contributed by atoms with E-state index in [1.165, 1.54) is 9.88 Å². The molecule has 0 saturated carbocycles. The van der Waals surface area contributed by atoms with Crippen molar-refractivity contribution in [2.24, 2.45) is 0 Å². The van der Waals surface area contributed by atoms with Gasteiger partial charge in [-0.05, 0) is 33.1 Å². The third-order valence-corrected chi connectivity index (χ3v) is 3.58. The number of nitrogens with zero attached hydrogens (tertiary/aromatic N) is 1. The molecule has 3 heteroatoms. The number of carbonyl (C=O) groups excluding carboxylic acids is 1. The van der Waals surface area contributed by atoms with Crippen LogP contribution < -0.4 is 0 Å². The lowest BCUT2D eigenvalue weighted by Gasteiger charge is -1.97. The fraction of sp³-hybridized carbons (Fsp3) is 0.667. The van der Waals surface area contributed by atoms with Crippen LogP contribution in [0.25, 0.3) is 0 Å². The SMILES string of the molecule is CCCC(=O)CCCc1nc(C)c(C)s1. The van der Waals surface area contributed by atoms with E-state index in [4.69, 9.17) is 0 Å². The Bertz CT molecular complexity index is 311. The Labute approximate surface area is 95.7 Å². The lowest BCUT2D eigenvalue weighted by atomic mass is 10.1. The number of rotatable bonds is 6. The highest BCUT2D eigenvalue weighted by molar-refractivity contribution is 7.11. The van der Waals surface area contributed by atoms with E-state index >= 15 is 0 Å². The lowest BCUT2D eigenvalue weighted by Crippen LogP contribution is -1.97. The van der Waals surface area contributed by atoms with Gasteiger partial charge in [0, 0.05) is 17.7 Å². The molecule has 0 unspecified atom stereocenters. The van der Waals surface area contributed by atoms with E-state index in [0.29, 0.717) is 12.2 Å². The van der Waals surface area contributed by atoms with Crippen molar-refractivity contribution in [3.63, 3.8) is 0 Å². The topological polar surface area (TPSA) is 30.0 Å². The van der Waals surface area contributed by atoms with Gasteiger partial charge < -0.3 is 0 Å². The number of aromatic nitrogens is 1. The predicted molar refractivity (Wildman–Crippen MR) is 64.4 cm³/mol. The number of carbonyl (C=O) groups is 1. The van der Waals surface area contributed by atoms with Gasteiger partial charge in [0.2, 0.25) is 0 Å². The molecule has 84 valence electrons. The minimum Gasteiger partial charge on any atom is -0.300 e. The van der Waals surface area contributed by atoms with Crippen LogP contribution in [0, 0.1) is 13.8 Å². The Morgan fingerprint density at radius 2 is 2.07 bits per heavy atom. The van der Waals surface area contributed by atoms with Gasteiger partial charge in [0.1, 0.15) is 5.78 Å². The van der Waals surface area contributed by atoms with E-state index in [0.717, 1.165) is 31.4 Å². The number of hydrogen-bond donors (Lipinski definition) is 0. The first-order valence-electron chi connectivity index (χ1n) is 5.58. The van der Waals surface area contributed by atoms with Crippen LogP contribution in [0.15, 0.2) is 0 Å². The van der Waals surface area contributed by atoms with Crippen LogP contribution in [-0.2, 0) is 11.2 Å². The first kappa shape index (κ1) is 12.4. The van der Waals surface area contributed by atoms with Gasteiger partial charge in [0.25, 0.3) is 0 Å². The lowest BCUT2D eigenvalue weighted by molar-refractivity contribution is -0.119. The molecule has 0 aliphatic rings. The molecule has 2 nitrogen and oxygen atoms in total. The Hall–Kier alpha value is -0.700. The summed E-state index contributed by atoms with van der Waals surface area (Å²) in [5, 5.41) is 1.18. The Kier molecular flexibility index (Phi) is 4.95. The summed E-state index contributed by atoms with van der Waals surface area (Å²) < 4.78 is 0. The number of Topliss-reactive ketones (excluding diaryl/α,β-unsaturated/α-hetero) is 1. The van der Waals surface area contributed by atoms with E-state index in [1.54, 1.807) is 11.3 Å². The van der Waals surface area contributed by atoms with Crippen molar-refractivity contribution in [1.82, 2.24) is 4.98 Å². The molecule has 0 radical (unpaired) electrons. The van der Waals surface area contributed by atoms with Crippen LogP contribution in [0.5, 0.6) is 0 Å². The molecule has 0 fully saturated rings. The average molecular weight is 225 g/mol. The number of hydrogen-bond acceptors (Lipinski definition) is 3. The molecular formula is C12H19NOS. The fourth-order valence-electron chi connectivity index (χ4n) is 1.49. The third-order valence-electron chi connectivity index (χ3n) is 2.45. The average Bonchev–Trinajstić information content (AvgIpc) is 2.46. The number of aryl methyl sites for hydroxylation is 3. The minimum atomic E-state index is 0.391. The van der Waals surface area contributed by atoms with Crippen LogP contribution >= 0.6 is 11.3 Å². The summed E-state index contributed by atoms with van der Waals surface area (Å²) in [4.78, 5) is 17.0. The Balaban J connectivity index is 2.28. The molecule has 1 aromatic heterocycles. The molecule has 1 aromatic rings. The molecule has 0 atom stereocenters. The third kappa shape index (κ3) is 4.12. The molecule has 15 heavy (non-hydrogen) atoms. The van der Waals surface area contributed by atoms with Crippen molar-refractivity contribution >= 4 is 17.1 Å². The zero-order chi connectivity index (χ0) is 11.3. The second-order valence-electron chi connectivity index (χ2n) is 3.89. The molecule has 0 aliphatic heterocycles. The van der Waals surface area contributed by atoms with Crippen molar-refractivity contribution in [2.75, 3.05) is 0 Å². The molecule has 0 bridgehead atoms. The van der Waals surface area contributed by atoms with Crippen molar-refractivity contribution < 1.29 is 4.79 Å². The van der Waals surface area contributed by atoms with E-state index in [1.807, 2.05) is 13.8 Å². The summed E-state index contributed by atoms with van der Waals surface area (Å²) in [5.41, 5.74) is 1.13. The van der Waals surface area contributed by atoms with E-state index < -0.39 is 0 Å². The van der Waals surface area contributed by atoms with Crippen molar-refractivity contribution in [3.8, 4) is 0 Å². The summed E-state index contributed by atoms with van der Waals surface area (Å²) >= 11 is 1.76. The summed E-state index contributed by atoms with van der Waals surface area (Å²) in [6.07, 6.45) is 4.32. The van der Waals surface area contributed by atoms with E-state index in [2.05, 4.69) is 11.9 Å². The van der Waals surface area contributed by atoms with Gasteiger partial charge >= 0.3 is 0 Å². The summed E-state index contributed by atoms with van der Waals surface area (Å²) in [5.74, 6) is 0.391.